The van der Waals surface area contributed by atoms with Gasteiger partial charge in [-0.2, -0.15) is 17.5 Å². The van der Waals surface area contributed by atoms with E-state index < -0.39 is 54.9 Å². The normalized spacial score (nSPS) is 15.0. The molecule has 1 fully saturated rings. The number of halogens is 4. The van der Waals surface area contributed by atoms with Crippen LogP contribution in [0.2, 0.25) is 5.02 Å². The molecule has 214 valence electrons. The van der Waals surface area contributed by atoms with Crippen molar-refractivity contribution >= 4 is 48.9 Å². The van der Waals surface area contributed by atoms with Crippen LogP contribution in [0.1, 0.15) is 24.8 Å². The number of amides is 1. The predicted octanol–water partition coefficient (Wildman–Crippen LogP) is 5.37. The van der Waals surface area contributed by atoms with Gasteiger partial charge in [0.1, 0.15) is 6.54 Å². The Bertz CT molecular complexity index is 1580. The lowest BCUT2D eigenvalue weighted by Gasteiger charge is -2.26. The van der Waals surface area contributed by atoms with E-state index in [-0.39, 0.29) is 15.5 Å². The SMILES string of the molecule is O=C(CN(c1ccc(Cl)c(C(F)(F)F)c1)S(=O)(=O)c1ccccc1)Nc1ccc(S(=O)(=O)N2CCCCC2)cc1. The van der Waals surface area contributed by atoms with Crippen LogP contribution < -0.4 is 9.62 Å². The van der Waals surface area contributed by atoms with Crippen LogP contribution in [0.3, 0.4) is 0 Å². The molecule has 0 aliphatic carbocycles. The molecule has 1 aliphatic rings. The van der Waals surface area contributed by atoms with E-state index in [9.17, 15) is 34.8 Å². The summed E-state index contributed by atoms with van der Waals surface area (Å²) in [5.41, 5.74) is -1.50. The molecule has 40 heavy (non-hydrogen) atoms. The molecule has 0 radical (unpaired) electrons. The summed E-state index contributed by atoms with van der Waals surface area (Å²) in [6, 6.07) is 14.9. The first kappa shape index (κ1) is 29.8. The Labute approximate surface area is 235 Å². The predicted molar refractivity (Wildman–Crippen MR) is 145 cm³/mol. The molecular formula is C26H25ClF3N3O5S2. The van der Waals surface area contributed by atoms with Crippen LogP contribution in [0.5, 0.6) is 0 Å². The van der Waals surface area contributed by atoms with E-state index in [1.807, 2.05) is 0 Å². The maximum atomic E-state index is 13.5. The Morgan fingerprint density at radius 1 is 0.875 bits per heavy atom. The monoisotopic (exact) mass is 615 g/mol. The first-order valence-corrected chi connectivity index (χ1v) is 15.4. The Hall–Kier alpha value is -3.13. The Morgan fingerprint density at radius 2 is 1.50 bits per heavy atom. The largest absolute Gasteiger partial charge is 0.417 e. The summed E-state index contributed by atoms with van der Waals surface area (Å²) in [6.07, 6.45) is -2.36. The zero-order chi connectivity index (χ0) is 29.1. The Balaban J connectivity index is 1.60. The van der Waals surface area contributed by atoms with Crippen LogP contribution in [0.4, 0.5) is 24.5 Å². The first-order chi connectivity index (χ1) is 18.8. The van der Waals surface area contributed by atoms with Gasteiger partial charge in [0.25, 0.3) is 10.0 Å². The number of anilines is 2. The number of rotatable bonds is 8. The lowest BCUT2D eigenvalue weighted by atomic mass is 10.2. The van der Waals surface area contributed by atoms with Gasteiger partial charge in [0.15, 0.2) is 0 Å². The van der Waals surface area contributed by atoms with E-state index in [4.69, 9.17) is 11.6 Å². The Morgan fingerprint density at radius 3 is 2.10 bits per heavy atom. The molecule has 1 amide bonds. The number of alkyl halides is 3. The smallest absolute Gasteiger partial charge is 0.325 e. The van der Waals surface area contributed by atoms with Crippen LogP contribution in [0.25, 0.3) is 0 Å². The minimum atomic E-state index is -4.87. The average molecular weight is 616 g/mol. The van der Waals surface area contributed by atoms with Gasteiger partial charge in [-0.1, -0.05) is 36.2 Å². The van der Waals surface area contributed by atoms with Gasteiger partial charge < -0.3 is 5.32 Å². The number of sulfonamides is 2. The van der Waals surface area contributed by atoms with Crippen molar-refractivity contribution < 1.29 is 34.8 Å². The van der Waals surface area contributed by atoms with Crippen molar-refractivity contribution in [2.75, 3.05) is 29.3 Å². The van der Waals surface area contributed by atoms with Crippen molar-refractivity contribution in [1.82, 2.24) is 4.31 Å². The molecule has 1 heterocycles. The number of piperidine rings is 1. The molecule has 4 rings (SSSR count). The van der Waals surface area contributed by atoms with E-state index in [1.165, 1.54) is 52.8 Å². The van der Waals surface area contributed by atoms with Crippen molar-refractivity contribution in [3.63, 3.8) is 0 Å². The minimum absolute atomic E-state index is 0.0431. The van der Waals surface area contributed by atoms with Gasteiger partial charge in [0, 0.05) is 18.8 Å². The number of nitrogens with zero attached hydrogens (tertiary/aromatic N) is 2. The molecule has 14 heteroatoms. The molecule has 0 atom stereocenters. The fourth-order valence-electron chi connectivity index (χ4n) is 4.22. The third-order valence-corrected chi connectivity index (χ3v) is 10.3. The fourth-order valence-corrected chi connectivity index (χ4v) is 7.39. The molecule has 1 N–H and O–H groups in total. The van der Waals surface area contributed by atoms with Crippen molar-refractivity contribution in [1.29, 1.82) is 0 Å². The summed E-state index contributed by atoms with van der Waals surface area (Å²) >= 11 is 5.71. The average Bonchev–Trinajstić information content (AvgIpc) is 2.93. The van der Waals surface area contributed by atoms with Gasteiger partial charge in [-0.3, -0.25) is 9.10 Å². The highest BCUT2D eigenvalue weighted by molar-refractivity contribution is 7.92. The van der Waals surface area contributed by atoms with Gasteiger partial charge in [-0.25, -0.2) is 16.8 Å². The highest BCUT2D eigenvalue weighted by Crippen LogP contribution is 2.38. The quantitative estimate of drug-likeness (QED) is 0.367. The summed E-state index contributed by atoms with van der Waals surface area (Å²) in [5.74, 6) is -0.866. The molecule has 1 saturated heterocycles. The van der Waals surface area contributed by atoms with Crippen LogP contribution in [0, 0.1) is 0 Å². The van der Waals surface area contributed by atoms with Gasteiger partial charge in [0.05, 0.1) is 26.1 Å². The molecule has 0 spiro atoms. The number of hydrogen-bond acceptors (Lipinski definition) is 5. The van der Waals surface area contributed by atoms with E-state index in [0.717, 1.165) is 31.4 Å². The first-order valence-electron chi connectivity index (χ1n) is 12.1. The van der Waals surface area contributed by atoms with Crippen molar-refractivity contribution in [3.05, 3.63) is 83.4 Å². The standard InChI is InChI=1S/C26H25ClF3N3O5S2/c27-24-14-11-20(17-23(24)26(28,29)30)33(40(37,38)21-7-3-1-4-8-21)18-25(34)31-19-9-12-22(13-10-19)39(35,36)32-15-5-2-6-16-32/h1,3-4,7-14,17H,2,5-6,15-16,18H2,(H,31,34). The van der Waals surface area contributed by atoms with Crippen LogP contribution in [-0.2, 0) is 31.0 Å². The zero-order valence-corrected chi connectivity index (χ0v) is 23.3. The maximum Gasteiger partial charge on any atom is 0.417 e. The summed E-state index contributed by atoms with van der Waals surface area (Å²) < 4.78 is 95.1. The second kappa shape index (κ2) is 11.8. The third-order valence-electron chi connectivity index (χ3n) is 6.25. The molecule has 0 aromatic heterocycles. The Kier molecular flexibility index (Phi) is 8.78. The van der Waals surface area contributed by atoms with Crippen molar-refractivity contribution in [2.24, 2.45) is 0 Å². The maximum absolute atomic E-state index is 13.5. The number of carbonyl (C=O) groups is 1. The van der Waals surface area contributed by atoms with Crippen LogP contribution in [0.15, 0.2) is 82.6 Å². The number of carbonyl (C=O) groups excluding carboxylic acids is 1. The molecule has 1 aliphatic heterocycles. The molecule has 0 unspecified atom stereocenters. The van der Waals surface area contributed by atoms with E-state index in [0.29, 0.717) is 23.5 Å². The van der Waals surface area contributed by atoms with Crippen LogP contribution in [-0.4, -0.2) is 46.7 Å². The lowest BCUT2D eigenvalue weighted by molar-refractivity contribution is -0.137. The van der Waals surface area contributed by atoms with Crippen molar-refractivity contribution in [3.8, 4) is 0 Å². The van der Waals surface area contributed by atoms with Gasteiger partial charge in [-0.05, 0) is 67.4 Å². The number of nitrogens with one attached hydrogen (secondary N) is 1. The zero-order valence-electron chi connectivity index (χ0n) is 20.9. The number of benzene rings is 3. The fraction of sp³-hybridized carbons (Fsp3) is 0.269. The summed E-state index contributed by atoms with van der Waals surface area (Å²) in [6.45, 7) is -0.0232. The van der Waals surface area contributed by atoms with Crippen molar-refractivity contribution in [2.45, 2.75) is 35.2 Å². The second-order valence-electron chi connectivity index (χ2n) is 9.02. The molecular weight excluding hydrogens is 591 g/mol. The molecule has 0 saturated carbocycles. The van der Waals surface area contributed by atoms with Gasteiger partial charge >= 0.3 is 6.18 Å². The lowest BCUT2D eigenvalue weighted by Crippen LogP contribution is -2.38. The molecule has 8 nitrogen and oxygen atoms in total. The highest BCUT2D eigenvalue weighted by Gasteiger charge is 2.35. The summed E-state index contributed by atoms with van der Waals surface area (Å²) in [5, 5.41) is 1.85. The van der Waals surface area contributed by atoms with E-state index >= 15 is 0 Å². The third kappa shape index (κ3) is 6.60. The molecule has 3 aromatic rings. The minimum Gasteiger partial charge on any atom is -0.325 e. The number of hydrogen-bond donors (Lipinski definition) is 1. The van der Waals surface area contributed by atoms with Crippen LogP contribution >= 0.6 is 11.6 Å². The molecule has 3 aromatic carbocycles. The highest BCUT2D eigenvalue weighted by atomic mass is 35.5. The van der Waals surface area contributed by atoms with E-state index in [2.05, 4.69) is 5.32 Å². The topological polar surface area (TPSA) is 104 Å². The van der Waals surface area contributed by atoms with Gasteiger partial charge in [0.2, 0.25) is 15.9 Å². The second-order valence-corrected chi connectivity index (χ2v) is 13.2. The molecule has 0 bridgehead atoms. The van der Waals surface area contributed by atoms with Gasteiger partial charge in [-0.15, -0.1) is 0 Å². The van der Waals surface area contributed by atoms with E-state index in [1.54, 1.807) is 6.07 Å². The summed E-state index contributed by atoms with van der Waals surface area (Å²) in [4.78, 5) is 12.8. The summed E-state index contributed by atoms with van der Waals surface area (Å²) in [7, 11) is -8.18.